The topological polar surface area (TPSA) is 29.1 Å². The molecule has 0 bridgehead atoms. The van der Waals surface area contributed by atoms with Crippen molar-refractivity contribution in [1.29, 1.82) is 0 Å². The Morgan fingerprint density at radius 2 is 1.85 bits per heavy atom. The van der Waals surface area contributed by atoms with Crippen molar-refractivity contribution in [3.05, 3.63) is 65.7 Å². The molecule has 0 aromatic heterocycles. The Kier molecular flexibility index (Phi) is 5.36. The van der Waals surface area contributed by atoms with Gasteiger partial charge in [-0.2, -0.15) is 0 Å². The first-order valence-corrected chi connectivity index (χ1v) is 8.55. The second-order valence-corrected chi connectivity index (χ2v) is 6.55. The molecule has 1 N–H and O–H groups in total. The Bertz CT molecular complexity index is 568. The molecule has 3 heteroatoms. The van der Waals surface area contributed by atoms with Gasteiger partial charge in [-0.25, -0.2) is 0 Å². The molecular formula is C17H21NOS. The summed E-state index contributed by atoms with van der Waals surface area (Å²) in [7, 11) is -0.795. The SMILES string of the molecule is C[C@@H](CNc1cccc(C[S@](C)=O)c1)c1ccccc1. The normalized spacial score (nSPS) is 13.7. The number of nitrogens with one attached hydrogen (secondary N) is 1. The van der Waals surface area contributed by atoms with Crippen molar-refractivity contribution >= 4 is 16.5 Å². The van der Waals surface area contributed by atoms with Crippen LogP contribution in [0.5, 0.6) is 0 Å². The molecule has 0 heterocycles. The molecule has 0 radical (unpaired) electrons. The predicted molar refractivity (Wildman–Crippen MR) is 87.6 cm³/mol. The van der Waals surface area contributed by atoms with Crippen LogP contribution < -0.4 is 5.32 Å². The van der Waals surface area contributed by atoms with E-state index < -0.39 is 10.8 Å². The summed E-state index contributed by atoms with van der Waals surface area (Å²) in [6, 6.07) is 18.7. The summed E-state index contributed by atoms with van der Waals surface area (Å²) in [5, 5.41) is 3.46. The maximum atomic E-state index is 11.3. The van der Waals surface area contributed by atoms with Gasteiger partial charge in [-0.05, 0) is 29.2 Å². The van der Waals surface area contributed by atoms with Gasteiger partial charge in [-0.15, -0.1) is 0 Å². The first-order chi connectivity index (χ1) is 9.65. The molecule has 0 fully saturated rings. The van der Waals surface area contributed by atoms with Gasteiger partial charge in [0, 0.05) is 35.0 Å². The van der Waals surface area contributed by atoms with E-state index in [-0.39, 0.29) is 0 Å². The van der Waals surface area contributed by atoms with Gasteiger partial charge in [0.15, 0.2) is 0 Å². The minimum atomic E-state index is -0.795. The molecule has 20 heavy (non-hydrogen) atoms. The summed E-state index contributed by atoms with van der Waals surface area (Å²) in [5.74, 6) is 1.07. The van der Waals surface area contributed by atoms with Crippen LogP contribution in [-0.4, -0.2) is 17.0 Å². The van der Waals surface area contributed by atoms with Gasteiger partial charge in [0.25, 0.3) is 0 Å². The van der Waals surface area contributed by atoms with E-state index in [1.807, 2.05) is 18.2 Å². The third kappa shape index (κ3) is 4.49. The van der Waals surface area contributed by atoms with Crippen molar-refractivity contribution in [3.63, 3.8) is 0 Å². The van der Waals surface area contributed by atoms with Gasteiger partial charge >= 0.3 is 0 Å². The first-order valence-electron chi connectivity index (χ1n) is 6.83. The Hall–Kier alpha value is -1.61. The van der Waals surface area contributed by atoms with Gasteiger partial charge in [-0.1, -0.05) is 49.4 Å². The zero-order chi connectivity index (χ0) is 14.4. The smallest absolute Gasteiger partial charge is 0.0483 e. The monoisotopic (exact) mass is 287 g/mol. The minimum Gasteiger partial charge on any atom is -0.384 e. The van der Waals surface area contributed by atoms with E-state index in [2.05, 4.69) is 48.6 Å². The maximum Gasteiger partial charge on any atom is 0.0483 e. The summed E-state index contributed by atoms with van der Waals surface area (Å²) in [4.78, 5) is 0. The number of benzene rings is 2. The van der Waals surface area contributed by atoms with Crippen molar-refractivity contribution in [2.24, 2.45) is 0 Å². The van der Waals surface area contributed by atoms with Gasteiger partial charge in [0.05, 0.1) is 0 Å². The van der Waals surface area contributed by atoms with Crippen molar-refractivity contribution < 1.29 is 4.21 Å². The molecule has 0 saturated carbocycles. The van der Waals surface area contributed by atoms with Gasteiger partial charge < -0.3 is 5.32 Å². The summed E-state index contributed by atoms with van der Waals surface area (Å²) >= 11 is 0. The summed E-state index contributed by atoms with van der Waals surface area (Å²) in [6.45, 7) is 3.11. The Balaban J connectivity index is 1.95. The van der Waals surface area contributed by atoms with Crippen LogP contribution in [0.25, 0.3) is 0 Å². The first kappa shape index (κ1) is 14.8. The molecule has 0 aliphatic heterocycles. The summed E-state index contributed by atoms with van der Waals surface area (Å²) in [6.07, 6.45) is 1.73. The molecule has 2 aromatic carbocycles. The zero-order valence-electron chi connectivity index (χ0n) is 12.0. The molecule has 2 rings (SSSR count). The van der Waals surface area contributed by atoms with E-state index in [0.29, 0.717) is 11.7 Å². The lowest BCUT2D eigenvalue weighted by atomic mass is 10.0. The quantitative estimate of drug-likeness (QED) is 0.876. The number of hydrogen-bond donors (Lipinski definition) is 1. The van der Waals surface area contributed by atoms with Gasteiger partial charge in [0.1, 0.15) is 0 Å². The molecule has 2 atom stereocenters. The highest BCUT2D eigenvalue weighted by atomic mass is 32.2. The third-order valence-electron chi connectivity index (χ3n) is 3.28. The molecule has 0 aliphatic rings. The lowest BCUT2D eigenvalue weighted by Crippen LogP contribution is -2.10. The van der Waals surface area contributed by atoms with Crippen molar-refractivity contribution in [3.8, 4) is 0 Å². The molecular weight excluding hydrogens is 266 g/mol. The number of hydrogen-bond acceptors (Lipinski definition) is 2. The number of anilines is 1. The van der Waals surface area contributed by atoms with Crippen LogP contribution >= 0.6 is 0 Å². The molecule has 0 saturated heterocycles. The fourth-order valence-electron chi connectivity index (χ4n) is 2.18. The highest BCUT2D eigenvalue weighted by molar-refractivity contribution is 7.83. The Labute approximate surface area is 123 Å². The van der Waals surface area contributed by atoms with Crippen LogP contribution in [0.4, 0.5) is 5.69 Å². The highest BCUT2D eigenvalue weighted by Gasteiger charge is 2.05. The largest absolute Gasteiger partial charge is 0.384 e. The highest BCUT2D eigenvalue weighted by Crippen LogP contribution is 2.17. The minimum absolute atomic E-state index is 0.458. The Morgan fingerprint density at radius 1 is 1.10 bits per heavy atom. The van der Waals surface area contributed by atoms with E-state index in [1.165, 1.54) is 5.56 Å². The third-order valence-corrected chi connectivity index (χ3v) is 4.02. The summed E-state index contributed by atoms with van der Waals surface area (Å²) < 4.78 is 11.3. The fourth-order valence-corrected chi connectivity index (χ4v) is 2.83. The lowest BCUT2D eigenvalue weighted by molar-refractivity contribution is 0.686. The van der Waals surface area contributed by atoms with E-state index in [9.17, 15) is 4.21 Å². The van der Waals surface area contributed by atoms with Crippen molar-refractivity contribution in [2.45, 2.75) is 18.6 Å². The van der Waals surface area contributed by atoms with Crippen LogP contribution in [0.3, 0.4) is 0 Å². The molecule has 2 aromatic rings. The van der Waals surface area contributed by atoms with Crippen LogP contribution in [-0.2, 0) is 16.6 Å². The molecule has 0 amide bonds. The van der Waals surface area contributed by atoms with E-state index in [0.717, 1.165) is 17.8 Å². The maximum absolute atomic E-state index is 11.3. The second-order valence-electron chi connectivity index (χ2n) is 5.11. The lowest BCUT2D eigenvalue weighted by Gasteiger charge is -2.14. The molecule has 0 unspecified atom stereocenters. The average molecular weight is 287 g/mol. The number of rotatable bonds is 6. The van der Waals surface area contributed by atoms with Gasteiger partial charge in [0.2, 0.25) is 0 Å². The molecule has 0 aliphatic carbocycles. The Morgan fingerprint density at radius 3 is 2.55 bits per heavy atom. The van der Waals surface area contributed by atoms with Crippen LogP contribution in [0.15, 0.2) is 54.6 Å². The van der Waals surface area contributed by atoms with Crippen LogP contribution in [0.2, 0.25) is 0 Å². The molecule has 106 valence electrons. The van der Waals surface area contributed by atoms with Crippen molar-refractivity contribution in [1.82, 2.24) is 0 Å². The van der Waals surface area contributed by atoms with Crippen LogP contribution in [0, 0.1) is 0 Å². The van der Waals surface area contributed by atoms with Gasteiger partial charge in [-0.3, -0.25) is 4.21 Å². The van der Waals surface area contributed by atoms with Crippen LogP contribution in [0.1, 0.15) is 24.0 Å². The molecule has 2 nitrogen and oxygen atoms in total. The van der Waals surface area contributed by atoms with E-state index in [1.54, 1.807) is 6.26 Å². The summed E-state index contributed by atoms with van der Waals surface area (Å²) in [5.41, 5.74) is 3.55. The van der Waals surface area contributed by atoms with Crippen molar-refractivity contribution in [2.75, 3.05) is 18.1 Å². The average Bonchev–Trinajstić information content (AvgIpc) is 2.45. The fraction of sp³-hybridized carbons (Fsp3) is 0.294. The zero-order valence-corrected chi connectivity index (χ0v) is 12.8. The van der Waals surface area contributed by atoms with E-state index in [4.69, 9.17) is 0 Å². The molecule has 0 spiro atoms. The van der Waals surface area contributed by atoms with E-state index >= 15 is 0 Å². The standard InChI is InChI=1S/C17H21NOS/c1-14(16-8-4-3-5-9-16)12-18-17-10-6-7-15(11-17)13-20(2)19/h3-11,14,18H,12-13H2,1-2H3/t14-,20-/m0/s1. The predicted octanol–water partition coefficient (Wildman–Crippen LogP) is 3.78. The second kappa shape index (κ2) is 7.25.